The molecule has 0 aliphatic rings. The van der Waals surface area contributed by atoms with Gasteiger partial charge in [-0.1, -0.05) is 6.58 Å². The molecule has 4 nitrogen and oxygen atoms in total. The summed E-state index contributed by atoms with van der Waals surface area (Å²) < 4.78 is 10.2. The van der Waals surface area contributed by atoms with E-state index in [0.717, 1.165) is 0 Å². The summed E-state index contributed by atoms with van der Waals surface area (Å²) in [5.41, 5.74) is 0.159. The number of alkyl halides is 1. The summed E-state index contributed by atoms with van der Waals surface area (Å²) in [6, 6.07) is 0. The third kappa shape index (κ3) is 8.04. The summed E-state index contributed by atoms with van der Waals surface area (Å²) in [5, 5.41) is 8.46. The third-order valence-corrected chi connectivity index (χ3v) is 1.60. The molecule has 0 rings (SSSR count). The van der Waals surface area contributed by atoms with Gasteiger partial charge in [0.2, 0.25) is 0 Å². The Morgan fingerprint density at radius 2 is 1.79 bits per heavy atom. The van der Waals surface area contributed by atoms with Crippen molar-refractivity contribution in [3.05, 3.63) is 12.2 Å². The summed E-state index contributed by atoms with van der Waals surface area (Å²) in [5.74, 6) is -0.512. The van der Waals surface area contributed by atoms with Crippen LogP contribution in [0.25, 0.3) is 0 Å². The predicted molar refractivity (Wildman–Crippen MR) is 53.8 cm³/mol. The molecule has 0 saturated heterocycles. The highest BCUT2D eigenvalue weighted by molar-refractivity contribution is 6.17. The van der Waals surface area contributed by atoms with E-state index in [0.29, 0.717) is 38.7 Å². The molecule has 82 valence electrons. The Morgan fingerprint density at radius 3 is 2.29 bits per heavy atom. The zero-order chi connectivity index (χ0) is 10.8. The number of aliphatic carboxylic acids is 1. The van der Waals surface area contributed by atoms with E-state index >= 15 is 0 Å². The van der Waals surface area contributed by atoms with Crippen molar-refractivity contribution in [2.45, 2.75) is 6.42 Å². The highest BCUT2D eigenvalue weighted by Crippen LogP contribution is 1.97. The van der Waals surface area contributed by atoms with E-state index in [9.17, 15) is 4.79 Å². The highest BCUT2D eigenvalue weighted by Gasteiger charge is 2.02. The SMILES string of the molecule is C=C(CCOCCOCCCl)C(=O)O. The van der Waals surface area contributed by atoms with E-state index < -0.39 is 5.97 Å². The maximum Gasteiger partial charge on any atom is 0.331 e. The first-order valence-corrected chi connectivity index (χ1v) is 4.84. The van der Waals surface area contributed by atoms with Crippen LogP contribution in [0.2, 0.25) is 0 Å². The Hall–Kier alpha value is -0.580. The van der Waals surface area contributed by atoms with Gasteiger partial charge in [-0.05, 0) is 0 Å². The van der Waals surface area contributed by atoms with E-state index in [1.54, 1.807) is 0 Å². The van der Waals surface area contributed by atoms with Crippen LogP contribution < -0.4 is 0 Å². The maximum atomic E-state index is 10.3. The Bertz CT molecular complexity index is 182. The first-order chi connectivity index (χ1) is 6.68. The fourth-order valence-electron chi connectivity index (χ4n) is 0.679. The average molecular weight is 223 g/mol. The normalized spacial score (nSPS) is 10.1. The molecule has 0 spiro atoms. The molecule has 0 amide bonds. The molecule has 0 saturated carbocycles. The molecule has 5 heteroatoms. The molecular formula is C9H15ClO4. The van der Waals surface area contributed by atoms with Crippen molar-refractivity contribution in [1.29, 1.82) is 0 Å². The third-order valence-electron chi connectivity index (χ3n) is 1.44. The fourth-order valence-corrected chi connectivity index (χ4v) is 0.788. The molecule has 0 aromatic heterocycles. The zero-order valence-electron chi connectivity index (χ0n) is 8.00. The van der Waals surface area contributed by atoms with Gasteiger partial charge < -0.3 is 14.6 Å². The molecule has 0 aliphatic heterocycles. The van der Waals surface area contributed by atoms with Gasteiger partial charge in [0, 0.05) is 17.9 Å². The molecule has 1 N–H and O–H groups in total. The minimum Gasteiger partial charge on any atom is -0.478 e. The zero-order valence-corrected chi connectivity index (χ0v) is 8.76. The lowest BCUT2D eigenvalue weighted by molar-refractivity contribution is -0.132. The van der Waals surface area contributed by atoms with Crippen LogP contribution in [0, 0.1) is 0 Å². The number of hydrogen-bond acceptors (Lipinski definition) is 3. The van der Waals surface area contributed by atoms with Gasteiger partial charge in [0.15, 0.2) is 0 Å². The second-order valence-corrected chi connectivity index (χ2v) is 2.95. The molecular weight excluding hydrogens is 208 g/mol. The molecule has 0 unspecified atom stereocenters. The topological polar surface area (TPSA) is 55.8 Å². The minimum atomic E-state index is -0.980. The monoisotopic (exact) mass is 222 g/mol. The van der Waals surface area contributed by atoms with Crippen molar-refractivity contribution < 1.29 is 19.4 Å². The summed E-state index contributed by atoms with van der Waals surface area (Å²) in [6.45, 7) is 5.16. The number of carboxylic acids is 1. The standard InChI is InChI=1S/C9H15ClO4/c1-8(9(11)12)2-4-13-6-7-14-5-3-10/h1-7H2,(H,11,12). The second kappa shape index (κ2) is 8.99. The number of ether oxygens (including phenoxy) is 2. The van der Waals surface area contributed by atoms with Crippen LogP contribution in [0.1, 0.15) is 6.42 Å². The van der Waals surface area contributed by atoms with E-state index in [1.165, 1.54) is 0 Å². The number of halogens is 1. The van der Waals surface area contributed by atoms with Gasteiger partial charge in [-0.15, -0.1) is 11.6 Å². The quantitative estimate of drug-likeness (QED) is 0.363. The highest BCUT2D eigenvalue weighted by atomic mass is 35.5. The number of carboxylic acid groups (broad SMARTS) is 1. The lowest BCUT2D eigenvalue weighted by Crippen LogP contribution is -2.08. The first kappa shape index (κ1) is 13.4. The van der Waals surface area contributed by atoms with E-state index in [-0.39, 0.29) is 5.57 Å². The van der Waals surface area contributed by atoms with Crippen molar-refractivity contribution in [2.24, 2.45) is 0 Å². The number of rotatable bonds is 9. The molecule has 0 bridgehead atoms. The largest absolute Gasteiger partial charge is 0.478 e. The molecule has 0 aliphatic carbocycles. The Labute approximate surface area is 88.5 Å². The van der Waals surface area contributed by atoms with Gasteiger partial charge in [0.05, 0.1) is 26.4 Å². The Morgan fingerprint density at radius 1 is 1.21 bits per heavy atom. The van der Waals surface area contributed by atoms with Crippen LogP contribution in [0.5, 0.6) is 0 Å². The molecule has 14 heavy (non-hydrogen) atoms. The predicted octanol–water partition coefficient (Wildman–Crippen LogP) is 1.29. The van der Waals surface area contributed by atoms with Gasteiger partial charge in [-0.25, -0.2) is 4.79 Å². The van der Waals surface area contributed by atoms with Crippen LogP contribution in [-0.4, -0.2) is 43.4 Å². The smallest absolute Gasteiger partial charge is 0.331 e. The van der Waals surface area contributed by atoms with Crippen molar-refractivity contribution in [2.75, 3.05) is 32.3 Å². The average Bonchev–Trinajstić information content (AvgIpc) is 2.16. The number of carbonyl (C=O) groups is 1. The van der Waals surface area contributed by atoms with Gasteiger partial charge in [0.25, 0.3) is 0 Å². The molecule has 0 aromatic rings. The molecule has 0 atom stereocenters. The summed E-state index contributed by atoms with van der Waals surface area (Å²) in [7, 11) is 0. The van der Waals surface area contributed by atoms with Crippen molar-refractivity contribution in [1.82, 2.24) is 0 Å². The maximum absolute atomic E-state index is 10.3. The summed E-state index contributed by atoms with van der Waals surface area (Å²) in [4.78, 5) is 10.3. The summed E-state index contributed by atoms with van der Waals surface area (Å²) >= 11 is 5.38. The first-order valence-electron chi connectivity index (χ1n) is 4.31. The fraction of sp³-hybridized carbons (Fsp3) is 0.667. The van der Waals surface area contributed by atoms with Gasteiger partial charge in [-0.3, -0.25) is 0 Å². The molecule has 0 aromatic carbocycles. The van der Waals surface area contributed by atoms with Crippen molar-refractivity contribution in [3.8, 4) is 0 Å². The Kier molecular flexibility index (Phi) is 8.62. The molecule has 0 fully saturated rings. The van der Waals surface area contributed by atoms with Crippen LogP contribution in [0.15, 0.2) is 12.2 Å². The van der Waals surface area contributed by atoms with Crippen LogP contribution in [0.3, 0.4) is 0 Å². The Balaban J connectivity index is 3.13. The lowest BCUT2D eigenvalue weighted by Gasteiger charge is -2.04. The minimum absolute atomic E-state index is 0.159. The molecule has 0 heterocycles. The second-order valence-electron chi connectivity index (χ2n) is 2.57. The van der Waals surface area contributed by atoms with Gasteiger partial charge in [0.1, 0.15) is 0 Å². The van der Waals surface area contributed by atoms with E-state index in [1.807, 2.05) is 0 Å². The lowest BCUT2D eigenvalue weighted by atomic mass is 10.2. The van der Waals surface area contributed by atoms with Crippen LogP contribution >= 0.6 is 11.6 Å². The van der Waals surface area contributed by atoms with Crippen molar-refractivity contribution in [3.63, 3.8) is 0 Å². The van der Waals surface area contributed by atoms with Gasteiger partial charge in [-0.2, -0.15) is 0 Å². The van der Waals surface area contributed by atoms with Crippen LogP contribution in [-0.2, 0) is 14.3 Å². The number of hydrogen-bond donors (Lipinski definition) is 1. The van der Waals surface area contributed by atoms with Crippen LogP contribution in [0.4, 0.5) is 0 Å². The van der Waals surface area contributed by atoms with Gasteiger partial charge >= 0.3 is 5.97 Å². The molecule has 0 radical (unpaired) electrons. The summed E-state index contributed by atoms with van der Waals surface area (Å²) in [6.07, 6.45) is 0.338. The van der Waals surface area contributed by atoms with E-state index in [4.69, 9.17) is 26.2 Å². The van der Waals surface area contributed by atoms with Crippen molar-refractivity contribution >= 4 is 17.6 Å². The van der Waals surface area contributed by atoms with E-state index in [2.05, 4.69) is 6.58 Å².